The lowest BCUT2D eigenvalue weighted by atomic mass is 10.1. The maximum Gasteiger partial charge on any atom is 0.303 e. The van der Waals surface area contributed by atoms with Gasteiger partial charge in [0.2, 0.25) is 5.91 Å². The summed E-state index contributed by atoms with van der Waals surface area (Å²) in [4.78, 5) is 24.4. The summed E-state index contributed by atoms with van der Waals surface area (Å²) in [7, 11) is 0. The lowest BCUT2D eigenvalue weighted by molar-refractivity contribution is -0.137. The number of carbonyl (C=O) groups is 2. The van der Waals surface area contributed by atoms with E-state index in [4.69, 9.17) is 5.11 Å². The molecule has 0 fully saturated rings. The second-order valence-electron chi connectivity index (χ2n) is 5.71. The van der Waals surface area contributed by atoms with Crippen LogP contribution in [0.15, 0.2) is 24.3 Å². The van der Waals surface area contributed by atoms with Gasteiger partial charge in [0.05, 0.1) is 6.54 Å². The van der Waals surface area contributed by atoms with E-state index in [-0.39, 0.29) is 12.3 Å². The number of anilines is 1. The summed E-state index contributed by atoms with van der Waals surface area (Å²) in [6.45, 7) is 1.99. The Kier molecular flexibility index (Phi) is 6.25. The Balaban J connectivity index is 1.58. The predicted octanol–water partition coefficient (Wildman–Crippen LogP) is 2.20. The highest BCUT2D eigenvalue weighted by atomic mass is 16.4. The highest BCUT2D eigenvalue weighted by Crippen LogP contribution is 2.26. The number of hydrogen-bond acceptors (Lipinski definition) is 3. The summed E-state index contributed by atoms with van der Waals surface area (Å²) < 4.78 is 0. The van der Waals surface area contributed by atoms with Crippen molar-refractivity contribution >= 4 is 17.6 Å². The molecule has 0 spiro atoms. The molecule has 1 aliphatic rings. The van der Waals surface area contributed by atoms with Gasteiger partial charge in [0, 0.05) is 25.2 Å². The molecular weight excluding hydrogens is 280 g/mol. The molecule has 0 aromatic heterocycles. The van der Waals surface area contributed by atoms with Gasteiger partial charge in [-0.3, -0.25) is 9.59 Å². The smallest absolute Gasteiger partial charge is 0.303 e. The summed E-state index contributed by atoms with van der Waals surface area (Å²) in [5, 5.41) is 11.5. The molecule has 5 heteroatoms. The number of rotatable bonds is 9. The van der Waals surface area contributed by atoms with Crippen molar-refractivity contribution in [2.75, 3.05) is 24.5 Å². The molecule has 0 unspecified atom stereocenters. The molecule has 1 amide bonds. The Hall–Kier alpha value is -2.04. The third-order valence-corrected chi connectivity index (χ3v) is 3.96. The average Bonchev–Trinajstić information content (AvgIpc) is 2.89. The molecule has 2 N–H and O–H groups in total. The zero-order valence-electron chi connectivity index (χ0n) is 12.9. The Morgan fingerprint density at radius 1 is 1.14 bits per heavy atom. The van der Waals surface area contributed by atoms with Crippen molar-refractivity contribution in [3.05, 3.63) is 29.8 Å². The van der Waals surface area contributed by atoms with Crippen LogP contribution in [0.3, 0.4) is 0 Å². The van der Waals surface area contributed by atoms with E-state index in [1.54, 1.807) is 0 Å². The molecule has 1 aromatic rings. The highest BCUT2D eigenvalue weighted by Gasteiger charge is 2.19. The largest absolute Gasteiger partial charge is 0.481 e. The van der Waals surface area contributed by atoms with E-state index >= 15 is 0 Å². The summed E-state index contributed by atoms with van der Waals surface area (Å²) in [6, 6.07) is 8.22. The first-order valence-corrected chi connectivity index (χ1v) is 7.98. The number of carboxylic acids is 1. The number of nitrogens with one attached hydrogen (secondary N) is 1. The molecule has 1 aliphatic heterocycles. The van der Waals surface area contributed by atoms with Gasteiger partial charge in [-0.15, -0.1) is 0 Å². The third-order valence-electron chi connectivity index (χ3n) is 3.96. The lowest BCUT2D eigenvalue weighted by Crippen LogP contribution is -2.36. The minimum atomic E-state index is -0.737. The summed E-state index contributed by atoms with van der Waals surface area (Å²) in [5.74, 6) is -0.679. The fraction of sp³-hybridized carbons (Fsp3) is 0.529. The van der Waals surface area contributed by atoms with Crippen LogP contribution in [0, 0.1) is 0 Å². The molecule has 0 bridgehead atoms. The molecule has 0 saturated heterocycles. The minimum Gasteiger partial charge on any atom is -0.481 e. The van der Waals surface area contributed by atoms with Crippen molar-refractivity contribution in [1.82, 2.24) is 5.32 Å². The fourth-order valence-corrected chi connectivity index (χ4v) is 2.78. The van der Waals surface area contributed by atoms with E-state index in [1.807, 2.05) is 12.1 Å². The Morgan fingerprint density at radius 3 is 2.73 bits per heavy atom. The average molecular weight is 304 g/mol. The molecule has 0 radical (unpaired) electrons. The number of fused-ring (bicyclic) bond motifs is 1. The van der Waals surface area contributed by atoms with Crippen molar-refractivity contribution in [2.45, 2.75) is 38.5 Å². The van der Waals surface area contributed by atoms with Gasteiger partial charge in [-0.25, -0.2) is 0 Å². The monoisotopic (exact) mass is 304 g/mol. The van der Waals surface area contributed by atoms with E-state index in [0.29, 0.717) is 19.5 Å². The minimum absolute atomic E-state index is 0.0576. The van der Waals surface area contributed by atoms with E-state index in [2.05, 4.69) is 22.3 Å². The zero-order chi connectivity index (χ0) is 15.8. The van der Waals surface area contributed by atoms with Gasteiger partial charge in [0.25, 0.3) is 0 Å². The fourth-order valence-electron chi connectivity index (χ4n) is 2.78. The van der Waals surface area contributed by atoms with Crippen LogP contribution in [0.2, 0.25) is 0 Å². The number of para-hydroxylation sites is 1. The van der Waals surface area contributed by atoms with Gasteiger partial charge < -0.3 is 15.3 Å². The van der Waals surface area contributed by atoms with Crippen LogP contribution in [0.1, 0.15) is 37.7 Å². The standard InChI is InChI=1S/C17H24N2O3/c20-16(18-11-6-2-1-3-9-17(21)22)13-19-12-10-14-7-4-5-8-15(14)19/h4-5,7-8H,1-3,6,9-13H2,(H,18,20)(H,21,22). The number of hydrogen-bond donors (Lipinski definition) is 2. The first-order chi connectivity index (χ1) is 10.7. The highest BCUT2D eigenvalue weighted by molar-refractivity contribution is 5.82. The molecule has 0 aliphatic carbocycles. The number of unbranched alkanes of at least 4 members (excludes halogenated alkanes) is 3. The van der Waals surface area contributed by atoms with Crippen molar-refractivity contribution in [3.8, 4) is 0 Å². The third kappa shape index (κ3) is 5.06. The number of benzene rings is 1. The normalized spacial score (nSPS) is 13.0. The van der Waals surface area contributed by atoms with Gasteiger partial charge in [-0.1, -0.05) is 31.0 Å². The molecule has 120 valence electrons. The zero-order valence-corrected chi connectivity index (χ0v) is 12.9. The Morgan fingerprint density at radius 2 is 1.91 bits per heavy atom. The predicted molar refractivity (Wildman–Crippen MR) is 86.1 cm³/mol. The van der Waals surface area contributed by atoms with E-state index in [1.165, 1.54) is 11.3 Å². The molecule has 1 aromatic carbocycles. The van der Waals surface area contributed by atoms with Crippen molar-refractivity contribution in [3.63, 3.8) is 0 Å². The second kappa shape index (κ2) is 8.41. The molecule has 5 nitrogen and oxygen atoms in total. The topological polar surface area (TPSA) is 69.6 Å². The molecule has 0 saturated carbocycles. The molecule has 22 heavy (non-hydrogen) atoms. The summed E-state index contributed by atoms with van der Waals surface area (Å²) in [5.41, 5.74) is 2.49. The van der Waals surface area contributed by atoms with Gasteiger partial charge in [0.1, 0.15) is 0 Å². The van der Waals surface area contributed by atoms with Gasteiger partial charge in [-0.05, 0) is 30.9 Å². The number of aliphatic carboxylic acids is 1. The van der Waals surface area contributed by atoms with Crippen LogP contribution >= 0.6 is 0 Å². The molecule has 2 rings (SSSR count). The number of nitrogens with zero attached hydrogens (tertiary/aromatic N) is 1. The number of amides is 1. The number of carboxylic acid groups (broad SMARTS) is 1. The first-order valence-electron chi connectivity index (χ1n) is 7.98. The van der Waals surface area contributed by atoms with Gasteiger partial charge in [0.15, 0.2) is 0 Å². The van der Waals surface area contributed by atoms with Crippen LogP contribution in [-0.2, 0) is 16.0 Å². The van der Waals surface area contributed by atoms with Crippen molar-refractivity contribution in [1.29, 1.82) is 0 Å². The molecular formula is C17H24N2O3. The van der Waals surface area contributed by atoms with Crippen molar-refractivity contribution < 1.29 is 14.7 Å². The van der Waals surface area contributed by atoms with E-state index in [0.717, 1.165) is 32.2 Å². The Bertz CT molecular complexity index is 516. The lowest BCUT2D eigenvalue weighted by Gasteiger charge is -2.18. The SMILES string of the molecule is O=C(O)CCCCCCNC(=O)CN1CCc2ccccc21. The van der Waals surface area contributed by atoms with Gasteiger partial charge in [-0.2, -0.15) is 0 Å². The van der Waals surface area contributed by atoms with Crippen LogP contribution in [0.25, 0.3) is 0 Å². The molecule has 0 atom stereocenters. The summed E-state index contributed by atoms with van der Waals surface area (Å²) >= 11 is 0. The summed E-state index contributed by atoms with van der Waals surface area (Å²) in [6.07, 6.45) is 4.73. The Labute approximate surface area is 131 Å². The van der Waals surface area contributed by atoms with Crippen LogP contribution in [0.4, 0.5) is 5.69 Å². The van der Waals surface area contributed by atoms with Crippen LogP contribution < -0.4 is 10.2 Å². The van der Waals surface area contributed by atoms with Gasteiger partial charge >= 0.3 is 5.97 Å². The quantitative estimate of drug-likeness (QED) is 0.686. The van der Waals surface area contributed by atoms with Crippen LogP contribution in [0.5, 0.6) is 0 Å². The second-order valence-corrected chi connectivity index (χ2v) is 5.71. The van der Waals surface area contributed by atoms with Crippen LogP contribution in [-0.4, -0.2) is 36.6 Å². The van der Waals surface area contributed by atoms with E-state index in [9.17, 15) is 9.59 Å². The maximum atomic E-state index is 12.0. The molecule has 1 heterocycles. The van der Waals surface area contributed by atoms with Crippen molar-refractivity contribution in [2.24, 2.45) is 0 Å². The maximum absolute atomic E-state index is 12.0. The van der Waals surface area contributed by atoms with E-state index < -0.39 is 5.97 Å². The first kappa shape index (κ1) is 16.3. The number of carbonyl (C=O) groups excluding carboxylic acids is 1.